The lowest BCUT2D eigenvalue weighted by atomic mass is 10.0. The van der Waals surface area contributed by atoms with Crippen LogP contribution in [-0.4, -0.2) is 10.1 Å². The van der Waals surface area contributed by atoms with Crippen molar-refractivity contribution in [3.05, 3.63) is 33.4 Å². The first-order valence-electron chi connectivity index (χ1n) is 5.51. The molecule has 2 N–H and O–H groups in total. The third-order valence-electron chi connectivity index (χ3n) is 2.66. The number of fused-ring (bicyclic) bond motifs is 1. The van der Waals surface area contributed by atoms with E-state index in [0.29, 0.717) is 0 Å². The number of H-pyrrole nitrogens is 1. The van der Waals surface area contributed by atoms with Gasteiger partial charge >= 0.3 is 4.87 Å². The van der Waals surface area contributed by atoms with Crippen LogP contribution >= 0.6 is 11.3 Å². The molecule has 1 aromatic heterocycles. The number of aromatic amines is 1. The fourth-order valence-corrected chi connectivity index (χ4v) is 2.52. The van der Waals surface area contributed by atoms with E-state index >= 15 is 0 Å². The fourth-order valence-electron chi connectivity index (χ4n) is 1.73. The van der Waals surface area contributed by atoms with Gasteiger partial charge in [-0.25, -0.2) is 0 Å². The molecule has 4 heteroatoms. The number of aliphatic hydroxyl groups is 1. The summed E-state index contributed by atoms with van der Waals surface area (Å²) in [5.41, 5.74) is 1.75. The molecule has 0 spiro atoms. The highest BCUT2D eigenvalue weighted by Crippen LogP contribution is 2.23. The summed E-state index contributed by atoms with van der Waals surface area (Å²) in [6.45, 7) is 2.11. The van der Waals surface area contributed by atoms with E-state index in [0.717, 1.165) is 35.0 Å². The molecule has 1 unspecified atom stereocenters. The molecule has 0 saturated heterocycles. The quantitative estimate of drug-likeness (QED) is 0.859. The highest BCUT2D eigenvalue weighted by Gasteiger charge is 2.08. The van der Waals surface area contributed by atoms with E-state index in [2.05, 4.69) is 11.9 Å². The highest BCUT2D eigenvalue weighted by atomic mass is 32.1. The van der Waals surface area contributed by atoms with Crippen LogP contribution in [0.4, 0.5) is 0 Å². The number of unbranched alkanes of at least 4 members (excludes halogenated alkanes) is 1. The predicted molar refractivity (Wildman–Crippen MR) is 66.9 cm³/mol. The van der Waals surface area contributed by atoms with Crippen LogP contribution in [0.2, 0.25) is 0 Å². The van der Waals surface area contributed by atoms with E-state index < -0.39 is 6.10 Å². The van der Waals surface area contributed by atoms with Gasteiger partial charge in [0.25, 0.3) is 0 Å². The Morgan fingerprint density at radius 1 is 1.50 bits per heavy atom. The predicted octanol–water partition coefficient (Wildman–Crippen LogP) is 2.81. The molecule has 2 rings (SSSR count). The van der Waals surface area contributed by atoms with E-state index in [4.69, 9.17) is 0 Å². The van der Waals surface area contributed by atoms with Gasteiger partial charge in [0.05, 0.1) is 16.3 Å². The molecular formula is C12H15NO2S. The van der Waals surface area contributed by atoms with Crippen LogP contribution in [-0.2, 0) is 0 Å². The van der Waals surface area contributed by atoms with Crippen molar-refractivity contribution in [3.8, 4) is 0 Å². The van der Waals surface area contributed by atoms with E-state index in [1.165, 1.54) is 11.3 Å². The normalized spacial score (nSPS) is 13.1. The van der Waals surface area contributed by atoms with Crippen LogP contribution in [0.1, 0.15) is 37.9 Å². The number of hydrogen-bond donors (Lipinski definition) is 2. The summed E-state index contributed by atoms with van der Waals surface area (Å²) < 4.78 is 0.915. The third-order valence-corrected chi connectivity index (χ3v) is 3.51. The molecule has 0 saturated carbocycles. The molecule has 1 aromatic carbocycles. The Labute approximate surface area is 97.8 Å². The zero-order valence-corrected chi connectivity index (χ0v) is 10.0. The van der Waals surface area contributed by atoms with E-state index in [1.54, 1.807) is 0 Å². The standard InChI is InChI=1S/C12H15NO2S/c1-2-3-4-10(14)8-5-6-9-11(7-8)16-12(15)13-9/h5-7,10,14H,2-4H2,1H3,(H,13,15). The van der Waals surface area contributed by atoms with Gasteiger partial charge in [0.1, 0.15) is 0 Å². The SMILES string of the molecule is CCCCC(O)c1ccc2[nH]c(=O)sc2c1. The number of aliphatic hydroxyl groups excluding tert-OH is 1. The summed E-state index contributed by atoms with van der Waals surface area (Å²) >= 11 is 1.19. The van der Waals surface area contributed by atoms with Crippen molar-refractivity contribution >= 4 is 21.6 Å². The average molecular weight is 237 g/mol. The number of aromatic nitrogens is 1. The smallest absolute Gasteiger partial charge is 0.305 e. The average Bonchev–Trinajstić information content (AvgIpc) is 2.64. The van der Waals surface area contributed by atoms with E-state index in [9.17, 15) is 9.90 Å². The molecule has 0 bridgehead atoms. The number of benzene rings is 1. The van der Waals surface area contributed by atoms with Crippen molar-refractivity contribution in [3.63, 3.8) is 0 Å². The topological polar surface area (TPSA) is 53.1 Å². The highest BCUT2D eigenvalue weighted by molar-refractivity contribution is 7.16. The maximum absolute atomic E-state index is 11.1. The summed E-state index contributed by atoms with van der Waals surface area (Å²) in [6, 6.07) is 5.64. The molecule has 1 atom stereocenters. The molecular weight excluding hydrogens is 222 g/mol. The molecule has 0 aliphatic heterocycles. The molecule has 86 valence electrons. The van der Waals surface area contributed by atoms with Crippen LogP contribution in [0.15, 0.2) is 23.0 Å². The zero-order valence-electron chi connectivity index (χ0n) is 9.19. The maximum atomic E-state index is 11.1. The van der Waals surface area contributed by atoms with Crippen LogP contribution in [0.5, 0.6) is 0 Å². The van der Waals surface area contributed by atoms with Gasteiger partial charge in [0.2, 0.25) is 0 Å². The molecule has 0 fully saturated rings. The Morgan fingerprint density at radius 2 is 2.31 bits per heavy atom. The fraction of sp³-hybridized carbons (Fsp3) is 0.417. The number of nitrogens with one attached hydrogen (secondary N) is 1. The van der Waals surface area contributed by atoms with Crippen LogP contribution < -0.4 is 4.87 Å². The molecule has 0 amide bonds. The maximum Gasteiger partial charge on any atom is 0.305 e. The van der Waals surface area contributed by atoms with Crippen molar-refractivity contribution in [2.75, 3.05) is 0 Å². The van der Waals surface area contributed by atoms with Crippen LogP contribution in [0.25, 0.3) is 10.2 Å². The molecule has 3 nitrogen and oxygen atoms in total. The first-order valence-corrected chi connectivity index (χ1v) is 6.33. The van der Waals surface area contributed by atoms with Gasteiger partial charge < -0.3 is 10.1 Å². The summed E-state index contributed by atoms with van der Waals surface area (Å²) in [5, 5.41) is 9.93. The van der Waals surface area contributed by atoms with Crippen molar-refractivity contribution < 1.29 is 5.11 Å². The number of thiazole rings is 1. The third kappa shape index (κ3) is 2.33. The van der Waals surface area contributed by atoms with Gasteiger partial charge in [-0.05, 0) is 24.1 Å². The molecule has 1 heterocycles. The first kappa shape index (κ1) is 11.4. The summed E-state index contributed by atoms with van der Waals surface area (Å²) in [4.78, 5) is 13.8. The second-order valence-electron chi connectivity index (χ2n) is 3.93. The Kier molecular flexibility index (Phi) is 3.41. The van der Waals surface area contributed by atoms with Crippen LogP contribution in [0, 0.1) is 0 Å². The van der Waals surface area contributed by atoms with Gasteiger partial charge in [0.15, 0.2) is 0 Å². The van der Waals surface area contributed by atoms with Crippen LogP contribution in [0.3, 0.4) is 0 Å². The lowest BCUT2D eigenvalue weighted by Gasteiger charge is -2.09. The molecule has 2 aromatic rings. The second kappa shape index (κ2) is 4.80. The molecule has 0 aliphatic carbocycles. The second-order valence-corrected chi connectivity index (χ2v) is 4.94. The van der Waals surface area contributed by atoms with Crippen molar-refractivity contribution in [2.24, 2.45) is 0 Å². The number of hydrogen-bond acceptors (Lipinski definition) is 3. The molecule has 16 heavy (non-hydrogen) atoms. The summed E-state index contributed by atoms with van der Waals surface area (Å²) in [6.07, 6.45) is 2.46. The Hall–Kier alpha value is -1.13. The van der Waals surface area contributed by atoms with Gasteiger partial charge in [-0.3, -0.25) is 4.79 Å². The monoisotopic (exact) mass is 237 g/mol. The first-order chi connectivity index (χ1) is 7.70. The zero-order chi connectivity index (χ0) is 11.5. The van der Waals surface area contributed by atoms with E-state index in [1.807, 2.05) is 18.2 Å². The van der Waals surface area contributed by atoms with Gasteiger partial charge in [0, 0.05) is 0 Å². The summed E-state index contributed by atoms with van der Waals surface area (Å²) in [7, 11) is 0. The van der Waals surface area contributed by atoms with Crippen molar-refractivity contribution in [2.45, 2.75) is 32.3 Å². The Morgan fingerprint density at radius 3 is 3.06 bits per heavy atom. The minimum atomic E-state index is -0.415. The summed E-state index contributed by atoms with van der Waals surface area (Å²) in [5.74, 6) is 0. The van der Waals surface area contributed by atoms with E-state index in [-0.39, 0.29) is 4.87 Å². The number of rotatable bonds is 4. The molecule has 0 aliphatic rings. The largest absolute Gasteiger partial charge is 0.388 e. The lowest BCUT2D eigenvalue weighted by Crippen LogP contribution is -1.96. The Bertz CT molecular complexity index is 529. The van der Waals surface area contributed by atoms with Crippen molar-refractivity contribution in [1.82, 2.24) is 4.98 Å². The minimum Gasteiger partial charge on any atom is -0.388 e. The Balaban J connectivity index is 2.27. The molecule has 0 radical (unpaired) electrons. The van der Waals surface area contributed by atoms with Crippen molar-refractivity contribution in [1.29, 1.82) is 0 Å². The minimum absolute atomic E-state index is 0.0461. The van der Waals surface area contributed by atoms with Gasteiger partial charge in [-0.1, -0.05) is 37.2 Å². The lowest BCUT2D eigenvalue weighted by molar-refractivity contribution is 0.164. The van der Waals surface area contributed by atoms with Gasteiger partial charge in [-0.15, -0.1) is 0 Å². The van der Waals surface area contributed by atoms with Gasteiger partial charge in [-0.2, -0.15) is 0 Å².